The minimum absolute atomic E-state index is 0.449. The molecule has 1 unspecified atom stereocenters. The van der Waals surface area contributed by atoms with Crippen LogP contribution in [0.15, 0.2) is 18.2 Å². The van der Waals surface area contributed by atoms with Crippen molar-refractivity contribution in [2.45, 2.75) is 53.5 Å². The Kier molecular flexibility index (Phi) is 4.74. The average molecular weight is 274 g/mol. The van der Waals surface area contributed by atoms with Crippen LogP contribution in [0.2, 0.25) is 0 Å². The van der Waals surface area contributed by atoms with Crippen molar-refractivity contribution >= 4 is 5.69 Å². The summed E-state index contributed by atoms with van der Waals surface area (Å²) < 4.78 is 0. The molecule has 1 aliphatic rings. The van der Waals surface area contributed by atoms with Crippen LogP contribution in [0.25, 0.3) is 0 Å². The number of likely N-dealkylation sites (tertiary alicyclic amines) is 1. The van der Waals surface area contributed by atoms with Crippen molar-refractivity contribution in [3.05, 3.63) is 29.3 Å². The summed E-state index contributed by atoms with van der Waals surface area (Å²) in [5.74, 6) is 0.857. The van der Waals surface area contributed by atoms with Gasteiger partial charge in [-0.1, -0.05) is 32.9 Å². The van der Waals surface area contributed by atoms with Gasteiger partial charge in [-0.3, -0.25) is 4.90 Å². The molecular weight excluding hydrogens is 244 g/mol. The van der Waals surface area contributed by atoms with E-state index in [1.807, 2.05) is 0 Å². The molecule has 0 spiro atoms. The summed E-state index contributed by atoms with van der Waals surface area (Å²) in [7, 11) is 0. The molecule has 0 amide bonds. The summed E-state index contributed by atoms with van der Waals surface area (Å²) in [5, 5.41) is 0. The molecule has 0 aromatic heterocycles. The van der Waals surface area contributed by atoms with Crippen LogP contribution in [0.5, 0.6) is 0 Å². The zero-order valence-electron chi connectivity index (χ0n) is 13.6. The Morgan fingerprint density at radius 3 is 2.60 bits per heavy atom. The maximum Gasteiger partial charge on any atom is 0.0346 e. The summed E-state index contributed by atoms with van der Waals surface area (Å²) in [6, 6.07) is 6.50. The van der Waals surface area contributed by atoms with Crippen LogP contribution >= 0.6 is 0 Å². The summed E-state index contributed by atoms with van der Waals surface area (Å²) >= 11 is 0. The lowest BCUT2D eigenvalue weighted by molar-refractivity contribution is 0.206. The highest BCUT2D eigenvalue weighted by molar-refractivity contribution is 5.48. The predicted octanol–water partition coefficient (Wildman–Crippen LogP) is 4.23. The molecule has 1 fully saturated rings. The van der Waals surface area contributed by atoms with Gasteiger partial charge in [-0.2, -0.15) is 0 Å². The molecule has 2 rings (SSSR count). The zero-order chi connectivity index (χ0) is 14.8. The monoisotopic (exact) mass is 274 g/mol. The quantitative estimate of drug-likeness (QED) is 0.818. The summed E-state index contributed by atoms with van der Waals surface area (Å²) in [4.78, 5) is 2.59. The predicted molar refractivity (Wildman–Crippen MR) is 87.7 cm³/mol. The molecule has 1 aromatic carbocycles. The molecule has 0 radical (unpaired) electrons. The van der Waals surface area contributed by atoms with Gasteiger partial charge in [0.25, 0.3) is 0 Å². The number of nitrogens with zero attached hydrogens (tertiary/aromatic N) is 1. The zero-order valence-corrected chi connectivity index (χ0v) is 13.6. The van der Waals surface area contributed by atoms with Crippen LogP contribution in [0.1, 0.15) is 51.2 Å². The Labute approximate surface area is 124 Å². The van der Waals surface area contributed by atoms with Gasteiger partial charge in [0.15, 0.2) is 0 Å². The third kappa shape index (κ3) is 3.99. The number of anilines is 1. The minimum atomic E-state index is 0.449. The lowest BCUT2D eigenvalue weighted by atomic mass is 9.77. The summed E-state index contributed by atoms with van der Waals surface area (Å²) in [6.07, 6.45) is 4.02. The maximum atomic E-state index is 6.02. The first-order valence-corrected chi connectivity index (χ1v) is 7.93. The fraction of sp³-hybridized carbons (Fsp3) is 0.667. The highest BCUT2D eigenvalue weighted by Gasteiger charge is 2.26. The first kappa shape index (κ1) is 15.4. The van der Waals surface area contributed by atoms with E-state index in [9.17, 15) is 0 Å². The molecule has 2 heteroatoms. The van der Waals surface area contributed by atoms with Crippen molar-refractivity contribution in [2.75, 3.05) is 18.8 Å². The number of hydrogen-bond donors (Lipinski definition) is 1. The minimum Gasteiger partial charge on any atom is -0.399 e. The van der Waals surface area contributed by atoms with Crippen molar-refractivity contribution in [2.24, 2.45) is 11.3 Å². The Bertz CT molecular complexity index is 445. The molecular formula is C18H30N2. The van der Waals surface area contributed by atoms with Crippen molar-refractivity contribution in [3.8, 4) is 0 Å². The average Bonchev–Trinajstić information content (AvgIpc) is 2.59. The second kappa shape index (κ2) is 6.17. The van der Waals surface area contributed by atoms with Gasteiger partial charge < -0.3 is 5.73 Å². The van der Waals surface area contributed by atoms with E-state index >= 15 is 0 Å². The molecule has 1 heterocycles. The Hall–Kier alpha value is -1.02. The van der Waals surface area contributed by atoms with Crippen LogP contribution in [0.4, 0.5) is 5.69 Å². The normalized spacial score (nSPS) is 21.7. The van der Waals surface area contributed by atoms with Crippen LogP contribution in [0, 0.1) is 18.3 Å². The lowest BCUT2D eigenvalue weighted by Crippen LogP contribution is -2.26. The maximum absolute atomic E-state index is 6.02. The molecule has 0 bridgehead atoms. The molecule has 1 saturated heterocycles. The first-order valence-electron chi connectivity index (χ1n) is 7.93. The lowest BCUT2D eigenvalue weighted by Gasteiger charge is -2.29. The van der Waals surface area contributed by atoms with E-state index in [-0.39, 0.29) is 0 Å². The van der Waals surface area contributed by atoms with E-state index in [1.165, 1.54) is 43.5 Å². The molecule has 20 heavy (non-hydrogen) atoms. The molecule has 2 N–H and O–H groups in total. The number of rotatable bonds is 2. The molecule has 1 aromatic rings. The molecule has 0 saturated carbocycles. The highest BCUT2D eigenvalue weighted by atomic mass is 15.1. The molecule has 1 atom stereocenters. The second-order valence-corrected chi connectivity index (χ2v) is 7.46. The van der Waals surface area contributed by atoms with E-state index < -0.39 is 0 Å². The van der Waals surface area contributed by atoms with Crippen molar-refractivity contribution in [1.29, 1.82) is 0 Å². The SMILES string of the molecule is Cc1ccc(CN2CCCC(C(C)(C)C)CC2)cc1N. The summed E-state index contributed by atoms with van der Waals surface area (Å²) in [5.41, 5.74) is 9.91. The van der Waals surface area contributed by atoms with E-state index in [2.05, 4.69) is 50.8 Å². The molecule has 2 nitrogen and oxygen atoms in total. The van der Waals surface area contributed by atoms with E-state index in [4.69, 9.17) is 5.73 Å². The van der Waals surface area contributed by atoms with Crippen LogP contribution in [0.3, 0.4) is 0 Å². The largest absolute Gasteiger partial charge is 0.399 e. The summed E-state index contributed by atoms with van der Waals surface area (Å²) in [6.45, 7) is 12.7. The van der Waals surface area contributed by atoms with Crippen molar-refractivity contribution in [3.63, 3.8) is 0 Å². The van der Waals surface area contributed by atoms with Gasteiger partial charge in [-0.25, -0.2) is 0 Å². The van der Waals surface area contributed by atoms with Crippen molar-refractivity contribution in [1.82, 2.24) is 4.90 Å². The topological polar surface area (TPSA) is 29.3 Å². The number of aryl methyl sites for hydroxylation is 1. The smallest absolute Gasteiger partial charge is 0.0346 e. The number of nitrogen functional groups attached to an aromatic ring is 1. The van der Waals surface area contributed by atoms with Gasteiger partial charge in [0.05, 0.1) is 0 Å². The first-order chi connectivity index (χ1) is 9.36. The Balaban J connectivity index is 1.95. The Morgan fingerprint density at radius 2 is 1.95 bits per heavy atom. The molecule has 1 aliphatic heterocycles. The highest BCUT2D eigenvalue weighted by Crippen LogP contribution is 2.34. The van der Waals surface area contributed by atoms with Crippen molar-refractivity contribution < 1.29 is 0 Å². The third-order valence-electron chi connectivity index (χ3n) is 4.80. The number of benzene rings is 1. The fourth-order valence-corrected chi connectivity index (χ4v) is 3.23. The number of hydrogen-bond acceptors (Lipinski definition) is 2. The third-order valence-corrected chi connectivity index (χ3v) is 4.80. The van der Waals surface area contributed by atoms with E-state index in [0.29, 0.717) is 5.41 Å². The van der Waals surface area contributed by atoms with Gasteiger partial charge in [-0.05, 0) is 67.8 Å². The second-order valence-electron chi connectivity index (χ2n) is 7.46. The molecule has 112 valence electrons. The van der Waals surface area contributed by atoms with E-state index in [1.54, 1.807) is 0 Å². The van der Waals surface area contributed by atoms with Crippen LogP contribution < -0.4 is 5.73 Å². The molecule has 0 aliphatic carbocycles. The van der Waals surface area contributed by atoms with Gasteiger partial charge >= 0.3 is 0 Å². The standard InChI is InChI=1S/C18H30N2/c1-14-7-8-15(12-17(14)19)13-20-10-5-6-16(9-11-20)18(2,3)4/h7-8,12,16H,5-6,9-11,13,19H2,1-4H3. The Morgan fingerprint density at radius 1 is 1.20 bits per heavy atom. The van der Waals surface area contributed by atoms with Gasteiger partial charge in [0.1, 0.15) is 0 Å². The van der Waals surface area contributed by atoms with Gasteiger partial charge in [-0.15, -0.1) is 0 Å². The fourth-order valence-electron chi connectivity index (χ4n) is 3.23. The van der Waals surface area contributed by atoms with Crippen LogP contribution in [-0.4, -0.2) is 18.0 Å². The van der Waals surface area contributed by atoms with E-state index in [0.717, 1.165) is 18.2 Å². The van der Waals surface area contributed by atoms with Gasteiger partial charge in [0.2, 0.25) is 0 Å². The van der Waals surface area contributed by atoms with Gasteiger partial charge in [0, 0.05) is 12.2 Å². The van der Waals surface area contributed by atoms with Crippen LogP contribution in [-0.2, 0) is 6.54 Å². The number of nitrogens with two attached hydrogens (primary N) is 1.